The van der Waals surface area contributed by atoms with Gasteiger partial charge in [0, 0.05) is 10.5 Å². The van der Waals surface area contributed by atoms with Gasteiger partial charge in [-0.1, -0.05) is 12.1 Å². The third-order valence-electron chi connectivity index (χ3n) is 3.07. The highest BCUT2D eigenvalue weighted by atomic mass is 79.9. The van der Waals surface area contributed by atoms with E-state index < -0.39 is 33.6 Å². The Kier molecular flexibility index (Phi) is 4.75. The molecule has 23 heavy (non-hydrogen) atoms. The number of carbonyl (C=O) groups is 2. The summed E-state index contributed by atoms with van der Waals surface area (Å²) in [5.74, 6) is -2.28. The van der Waals surface area contributed by atoms with E-state index in [-0.39, 0.29) is 0 Å². The molecule has 0 heterocycles. The molecule has 0 aliphatic heterocycles. The summed E-state index contributed by atoms with van der Waals surface area (Å²) in [7, 11) is 0. The minimum absolute atomic E-state index is 0.384. The number of nitrogens with one attached hydrogen (secondary N) is 1. The highest BCUT2D eigenvalue weighted by molar-refractivity contribution is 9.10. The van der Waals surface area contributed by atoms with Gasteiger partial charge in [-0.25, -0.2) is 4.79 Å². The first-order valence-corrected chi connectivity index (χ1v) is 7.18. The molecular weight excluding hydrogens is 368 g/mol. The van der Waals surface area contributed by atoms with Crippen LogP contribution in [0, 0.1) is 17.0 Å². The summed E-state index contributed by atoms with van der Waals surface area (Å²) >= 11 is 3.28. The zero-order valence-electron chi connectivity index (χ0n) is 11.9. The number of aryl methyl sites for hydroxylation is 1. The summed E-state index contributed by atoms with van der Waals surface area (Å²) in [6, 6.07) is 8.58. The number of nitro benzene ring substituents is 1. The van der Waals surface area contributed by atoms with Gasteiger partial charge in [0.2, 0.25) is 0 Å². The lowest BCUT2D eigenvalue weighted by atomic mass is 10.0. The van der Waals surface area contributed by atoms with Gasteiger partial charge in [0.05, 0.1) is 16.2 Å². The molecule has 2 N–H and O–H groups in total. The Morgan fingerprint density at radius 1 is 1.26 bits per heavy atom. The fourth-order valence-corrected chi connectivity index (χ4v) is 2.61. The molecule has 0 aliphatic rings. The van der Waals surface area contributed by atoms with E-state index in [1.807, 2.05) is 6.92 Å². The minimum Gasteiger partial charge on any atom is -0.478 e. The molecule has 0 aromatic heterocycles. The van der Waals surface area contributed by atoms with Gasteiger partial charge in [0.1, 0.15) is 5.56 Å². The van der Waals surface area contributed by atoms with Crippen molar-refractivity contribution in [3.63, 3.8) is 0 Å². The van der Waals surface area contributed by atoms with E-state index in [9.17, 15) is 19.7 Å². The summed E-state index contributed by atoms with van der Waals surface area (Å²) < 4.78 is 0.585. The van der Waals surface area contributed by atoms with E-state index >= 15 is 0 Å². The molecule has 0 bridgehead atoms. The SMILES string of the molecule is Cc1ccc(NC(=O)c2c(C(=O)O)cccc2[N+](=O)[O-])c(Br)c1. The van der Waals surface area contributed by atoms with Gasteiger partial charge in [-0.3, -0.25) is 14.9 Å². The molecule has 2 rings (SSSR count). The van der Waals surface area contributed by atoms with Gasteiger partial charge < -0.3 is 10.4 Å². The Labute approximate surface area is 139 Å². The van der Waals surface area contributed by atoms with Crippen molar-refractivity contribution >= 4 is 39.2 Å². The van der Waals surface area contributed by atoms with Crippen LogP contribution in [0.5, 0.6) is 0 Å². The predicted octanol–water partition coefficient (Wildman–Crippen LogP) is 3.62. The molecule has 1 amide bonds. The molecule has 2 aromatic rings. The Morgan fingerprint density at radius 3 is 2.52 bits per heavy atom. The summed E-state index contributed by atoms with van der Waals surface area (Å²) in [5.41, 5.74) is -0.148. The molecule has 0 radical (unpaired) electrons. The second-order valence-corrected chi connectivity index (χ2v) is 5.55. The number of nitro groups is 1. The largest absolute Gasteiger partial charge is 0.478 e. The van der Waals surface area contributed by atoms with Gasteiger partial charge in [-0.15, -0.1) is 0 Å². The summed E-state index contributed by atoms with van der Waals surface area (Å²) in [6.07, 6.45) is 0. The Balaban J connectivity index is 2.50. The van der Waals surface area contributed by atoms with Gasteiger partial charge >= 0.3 is 5.97 Å². The smallest absolute Gasteiger partial charge is 0.336 e. The molecule has 2 aromatic carbocycles. The van der Waals surface area contributed by atoms with Crippen molar-refractivity contribution in [2.75, 3.05) is 5.32 Å². The maximum atomic E-state index is 12.4. The van der Waals surface area contributed by atoms with Crippen molar-refractivity contribution in [1.82, 2.24) is 0 Å². The van der Waals surface area contributed by atoms with Crippen molar-refractivity contribution in [3.05, 3.63) is 67.7 Å². The summed E-state index contributed by atoms with van der Waals surface area (Å²) in [5, 5.41) is 22.7. The Morgan fingerprint density at radius 2 is 1.96 bits per heavy atom. The summed E-state index contributed by atoms with van der Waals surface area (Å²) in [4.78, 5) is 34.0. The van der Waals surface area contributed by atoms with E-state index in [0.29, 0.717) is 10.2 Å². The number of aromatic carboxylic acids is 1. The third kappa shape index (κ3) is 3.54. The number of hydrogen-bond donors (Lipinski definition) is 2. The fraction of sp³-hybridized carbons (Fsp3) is 0.0667. The average molecular weight is 379 g/mol. The molecule has 0 spiro atoms. The lowest BCUT2D eigenvalue weighted by Gasteiger charge is -2.10. The fourth-order valence-electron chi connectivity index (χ4n) is 2.02. The number of rotatable bonds is 4. The first-order chi connectivity index (χ1) is 10.8. The second kappa shape index (κ2) is 6.57. The average Bonchev–Trinajstić information content (AvgIpc) is 2.49. The molecule has 0 saturated heterocycles. The van der Waals surface area contributed by atoms with E-state index in [1.165, 1.54) is 6.07 Å². The number of benzene rings is 2. The minimum atomic E-state index is -1.41. The number of halogens is 1. The molecule has 0 fully saturated rings. The number of amides is 1. The molecule has 0 atom stereocenters. The van der Waals surface area contributed by atoms with Crippen LogP contribution in [0.25, 0.3) is 0 Å². The van der Waals surface area contributed by atoms with Gasteiger partial charge in [-0.2, -0.15) is 0 Å². The normalized spacial score (nSPS) is 10.2. The van der Waals surface area contributed by atoms with Crippen molar-refractivity contribution in [2.45, 2.75) is 6.92 Å². The van der Waals surface area contributed by atoms with Crippen LogP contribution < -0.4 is 5.32 Å². The number of carbonyl (C=O) groups excluding carboxylic acids is 1. The van der Waals surface area contributed by atoms with Crippen LogP contribution in [-0.2, 0) is 0 Å². The first kappa shape index (κ1) is 16.6. The van der Waals surface area contributed by atoms with Crippen molar-refractivity contribution in [1.29, 1.82) is 0 Å². The molecule has 118 valence electrons. The first-order valence-electron chi connectivity index (χ1n) is 6.39. The second-order valence-electron chi connectivity index (χ2n) is 4.70. The van der Waals surface area contributed by atoms with E-state index in [4.69, 9.17) is 5.11 Å². The van der Waals surface area contributed by atoms with Crippen molar-refractivity contribution < 1.29 is 19.6 Å². The number of carboxylic acid groups (broad SMARTS) is 1. The monoisotopic (exact) mass is 378 g/mol. The predicted molar refractivity (Wildman–Crippen MR) is 86.9 cm³/mol. The van der Waals surface area contributed by atoms with Gasteiger partial charge in [0.25, 0.3) is 11.6 Å². The lowest BCUT2D eigenvalue weighted by molar-refractivity contribution is -0.385. The molecule has 0 unspecified atom stereocenters. The summed E-state index contributed by atoms with van der Waals surface area (Å²) in [6.45, 7) is 1.86. The van der Waals surface area contributed by atoms with Crippen LogP contribution in [0.2, 0.25) is 0 Å². The third-order valence-corrected chi connectivity index (χ3v) is 3.73. The van der Waals surface area contributed by atoms with E-state index in [0.717, 1.165) is 17.7 Å². The van der Waals surface area contributed by atoms with Crippen molar-refractivity contribution in [2.24, 2.45) is 0 Å². The highest BCUT2D eigenvalue weighted by Crippen LogP contribution is 2.27. The van der Waals surface area contributed by atoms with Gasteiger partial charge in [-0.05, 0) is 46.6 Å². The molecule has 8 heteroatoms. The van der Waals surface area contributed by atoms with Crippen LogP contribution in [-0.4, -0.2) is 21.9 Å². The molecular formula is C15H11BrN2O5. The molecule has 7 nitrogen and oxygen atoms in total. The van der Waals surface area contributed by atoms with E-state index in [2.05, 4.69) is 21.2 Å². The topological polar surface area (TPSA) is 110 Å². The molecule has 0 aliphatic carbocycles. The zero-order chi connectivity index (χ0) is 17.1. The van der Waals surface area contributed by atoms with Crippen LogP contribution >= 0.6 is 15.9 Å². The highest BCUT2D eigenvalue weighted by Gasteiger charge is 2.27. The van der Waals surface area contributed by atoms with Crippen LogP contribution in [0.4, 0.5) is 11.4 Å². The lowest BCUT2D eigenvalue weighted by Crippen LogP contribution is -2.18. The molecule has 0 saturated carbocycles. The zero-order valence-corrected chi connectivity index (χ0v) is 13.5. The van der Waals surface area contributed by atoms with Gasteiger partial charge in [0.15, 0.2) is 0 Å². The maximum Gasteiger partial charge on any atom is 0.336 e. The number of nitrogens with zero attached hydrogens (tertiary/aromatic N) is 1. The maximum absolute atomic E-state index is 12.4. The standard InChI is InChI=1S/C15H11BrN2O5/c1-8-5-6-11(10(16)7-8)17-14(19)13-9(15(20)21)3-2-4-12(13)18(22)23/h2-7H,1H3,(H,17,19)(H,20,21). The van der Waals surface area contributed by atoms with Crippen LogP contribution in [0.3, 0.4) is 0 Å². The Bertz CT molecular complexity index is 787. The van der Waals surface area contributed by atoms with Crippen LogP contribution in [0.15, 0.2) is 40.9 Å². The Hall–Kier alpha value is -2.74. The number of anilines is 1. The van der Waals surface area contributed by atoms with Crippen molar-refractivity contribution in [3.8, 4) is 0 Å². The quantitative estimate of drug-likeness (QED) is 0.623. The number of carboxylic acids is 1. The van der Waals surface area contributed by atoms with E-state index in [1.54, 1.807) is 18.2 Å². The van der Waals surface area contributed by atoms with Crippen LogP contribution in [0.1, 0.15) is 26.3 Å². The number of hydrogen-bond acceptors (Lipinski definition) is 4.